The van der Waals surface area contributed by atoms with Crippen molar-refractivity contribution < 1.29 is 16.8 Å². The summed E-state index contributed by atoms with van der Waals surface area (Å²) in [6.45, 7) is 7.97. The van der Waals surface area contributed by atoms with Crippen molar-refractivity contribution in [1.82, 2.24) is 12.8 Å². The first kappa shape index (κ1) is 25.9. The van der Waals surface area contributed by atoms with Crippen LogP contribution in [0, 0.1) is 12.8 Å². The van der Waals surface area contributed by atoms with Gasteiger partial charge in [-0.1, -0.05) is 37.5 Å². The predicted molar refractivity (Wildman–Crippen MR) is 140 cm³/mol. The lowest BCUT2D eigenvalue weighted by Gasteiger charge is -2.31. The molecule has 1 aliphatic rings. The maximum atomic E-state index is 13.6. The van der Waals surface area contributed by atoms with Gasteiger partial charge in [0, 0.05) is 42.0 Å². The smallest absolute Gasteiger partial charge is 0.308 e. The van der Waals surface area contributed by atoms with E-state index in [0.717, 1.165) is 18.2 Å². The van der Waals surface area contributed by atoms with Gasteiger partial charge in [0.05, 0.1) is 11.2 Å². The van der Waals surface area contributed by atoms with Crippen molar-refractivity contribution in [2.24, 2.45) is 11.1 Å². The van der Waals surface area contributed by atoms with Crippen molar-refractivity contribution in [2.45, 2.75) is 76.8 Å². The lowest BCUT2D eigenvalue weighted by atomic mass is 9.89. The molecule has 1 saturated carbocycles. The Balaban J connectivity index is 1.96. The largest absolute Gasteiger partial charge is 0.343 e. The molecule has 0 amide bonds. The minimum Gasteiger partial charge on any atom is -0.343 e. The van der Waals surface area contributed by atoms with Crippen LogP contribution in [0.3, 0.4) is 0 Å². The standard InChI is InChI=1S/C25H36N4O4S2/c1-18-24(34(26,30)31)15-23(28(18)16-19-11-7-6-8-12-19)21-17-29(22-14-10-9-13-20(21)22)35(32,33)27(5)25(2,3)4/h9-10,13-15,17,19H,6-8,11-12,16H2,1-5H3,(H2,26,30,31). The Kier molecular flexibility index (Phi) is 6.72. The summed E-state index contributed by atoms with van der Waals surface area (Å²) in [4.78, 5) is 0.0785. The second kappa shape index (κ2) is 9.06. The summed E-state index contributed by atoms with van der Waals surface area (Å²) in [6.07, 6.45) is 7.35. The van der Waals surface area contributed by atoms with Gasteiger partial charge in [0.2, 0.25) is 10.0 Å². The minimum atomic E-state index is -3.95. The van der Waals surface area contributed by atoms with E-state index in [2.05, 4.69) is 0 Å². The van der Waals surface area contributed by atoms with Gasteiger partial charge in [-0.25, -0.2) is 17.5 Å². The van der Waals surface area contributed by atoms with Crippen molar-refractivity contribution in [3.05, 3.63) is 42.2 Å². The number of fused-ring (bicyclic) bond motifs is 1. The fraction of sp³-hybridized carbons (Fsp3) is 0.520. The van der Waals surface area contributed by atoms with Crippen molar-refractivity contribution in [3.8, 4) is 11.3 Å². The highest BCUT2D eigenvalue weighted by Crippen LogP contribution is 2.37. The normalized spacial score (nSPS) is 16.4. The molecule has 35 heavy (non-hydrogen) atoms. The molecule has 0 saturated heterocycles. The minimum absolute atomic E-state index is 0.0785. The molecule has 0 atom stereocenters. The van der Waals surface area contributed by atoms with E-state index in [9.17, 15) is 16.8 Å². The molecule has 1 fully saturated rings. The molecule has 10 heteroatoms. The second-order valence-corrected chi connectivity index (χ2v) is 14.0. The Morgan fingerprint density at radius 2 is 1.69 bits per heavy atom. The third kappa shape index (κ3) is 4.81. The molecule has 8 nitrogen and oxygen atoms in total. The lowest BCUT2D eigenvalue weighted by molar-refractivity contribution is 0.289. The van der Waals surface area contributed by atoms with Crippen LogP contribution >= 0.6 is 0 Å². The van der Waals surface area contributed by atoms with Gasteiger partial charge in [-0.3, -0.25) is 0 Å². The van der Waals surface area contributed by atoms with Crippen LogP contribution in [0.1, 0.15) is 58.6 Å². The van der Waals surface area contributed by atoms with Crippen molar-refractivity contribution in [1.29, 1.82) is 0 Å². The third-order valence-corrected chi connectivity index (χ3v) is 10.4. The quantitative estimate of drug-likeness (QED) is 0.517. The molecule has 0 bridgehead atoms. The zero-order valence-corrected chi connectivity index (χ0v) is 22.8. The van der Waals surface area contributed by atoms with E-state index >= 15 is 0 Å². The molecule has 0 aliphatic heterocycles. The number of sulfonamides is 1. The summed E-state index contributed by atoms with van der Waals surface area (Å²) >= 11 is 0. The molecule has 0 spiro atoms. The maximum Gasteiger partial charge on any atom is 0.308 e. The first-order valence-electron chi connectivity index (χ1n) is 12.1. The highest BCUT2D eigenvalue weighted by molar-refractivity contribution is 7.89. The van der Waals surface area contributed by atoms with E-state index in [1.54, 1.807) is 38.4 Å². The summed E-state index contributed by atoms with van der Waals surface area (Å²) in [7, 11) is -6.26. The molecule has 2 heterocycles. The first-order valence-corrected chi connectivity index (χ1v) is 15.0. The molecule has 2 aromatic heterocycles. The second-order valence-electron chi connectivity index (χ2n) is 10.6. The maximum absolute atomic E-state index is 13.6. The van der Waals surface area contributed by atoms with Crippen LogP contribution in [0.4, 0.5) is 0 Å². The van der Waals surface area contributed by atoms with Crippen molar-refractivity contribution in [3.63, 3.8) is 0 Å². The molecular weight excluding hydrogens is 484 g/mol. The van der Waals surface area contributed by atoms with E-state index in [1.165, 1.54) is 27.5 Å². The van der Waals surface area contributed by atoms with E-state index in [4.69, 9.17) is 5.14 Å². The van der Waals surface area contributed by atoms with Gasteiger partial charge in [0.15, 0.2) is 0 Å². The zero-order valence-electron chi connectivity index (χ0n) is 21.2. The molecule has 0 radical (unpaired) electrons. The third-order valence-electron chi connectivity index (χ3n) is 7.29. The fourth-order valence-corrected chi connectivity index (χ4v) is 7.42. The van der Waals surface area contributed by atoms with Crippen LogP contribution in [0.5, 0.6) is 0 Å². The Morgan fingerprint density at radius 3 is 2.29 bits per heavy atom. The fourth-order valence-electron chi connectivity index (χ4n) is 5.02. The van der Waals surface area contributed by atoms with Gasteiger partial charge >= 0.3 is 10.2 Å². The summed E-state index contributed by atoms with van der Waals surface area (Å²) in [6, 6.07) is 8.90. The Morgan fingerprint density at radius 1 is 1.06 bits per heavy atom. The Hall–Kier alpha value is -2.14. The van der Waals surface area contributed by atoms with Gasteiger partial charge in [-0.15, -0.1) is 0 Å². The summed E-state index contributed by atoms with van der Waals surface area (Å²) < 4.78 is 56.8. The van der Waals surface area contributed by atoms with Crippen molar-refractivity contribution in [2.75, 3.05) is 7.05 Å². The van der Waals surface area contributed by atoms with E-state index in [0.29, 0.717) is 34.9 Å². The van der Waals surface area contributed by atoms with Crippen LogP contribution in [-0.4, -0.2) is 42.3 Å². The lowest BCUT2D eigenvalue weighted by Crippen LogP contribution is -2.44. The van der Waals surface area contributed by atoms with Crippen molar-refractivity contribution >= 4 is 31.1 Å². The van der Waals surface area contributed by atoms with Crippen LogP contribution in [0.25, 0.3) is 22.2 Å². The number of benzene rings is 1. The topological polar surface area (TPSA) is 107 Å². The molecule has 3 aromatic rings. The number of rotatable bonds is 6. The van der Waals surface area contributed by atoms with E-state index in [-0.39, 0.29) is 4.90 Å². The van der Waals surface area contributed by atoms with Crippen LogP contribution < -0.4 is 5.14 Å². The molecular formula is C25H36N4O4S2. The number of nitrogens with two attached hydrogens (primary N) is 1. The van der Waals surface area contributed by atoms with E-state index in [1.807, 2.05) is 37.5 Å². The van der Waals surface area contributed by atoms with Gasteiger partial charge in [0.25, 0.3) is 0 Å². The van der Waals surface area contributed by atoms with E-state index < -0.39 is 25.8 Å². The molecule has 1 aromatic carbocycles. The van der Waals surface area contributed by atoms with Crippen LogP contribution in [0.2, 0.25) is 0 Å². The summed E-state index contributed by atoms with van der Waals surface area (Å²) in [5.41, 5.74) is 1.84. The number of aromatic nitrogens is 2. The van der Waals surface area contributed by atoms with Gasteiger partial charge < -0.3 is 4.57 Å². The number of nitrogens with zero attached hydrogens (tertiary/aromatic N) is 3. The Bertz CT molecular complexity index is 1450. The molecule has 1 aliphatic carbocycles. The highest BCUT2D eigenvalue weighted by atomic mass is 32.2. The monoisotopic (exact) mass is 520 g/mol. The molecule has 0 unspecified atom stereocenters. The highest BCUT2D eigenvalue weighted by Gasteiger charge is 2.33. The predicted octanol–water partition coefficient (Wildman–Crippen LogP) is 4.47. The van der Waals surface area contributed by atoms with Crippen LogP contribution in [0.15, 0.2) is 41.4 Å². The SMILES string of the molecule is Cc1c(S(N)(=O)=O)cc(-c2cn(S(=O)(=O)N(C)C(C)(C)C)c3ccccc23)n1CC1CCCCC1. The van der Waals surface area contributed by atoms with Crippen LogP contribution in [-0.2, 0) is 26.8 Å². The summed E-state index contributed by atoms with van der Waals surface area (Å²) in [5.74, 6) is 0.436. The zero-order chi connectivity index (χ0) is 25.8. The number of primary sulfonamides is 1. The number of para-hydroxylation sites is 1. The van der Waals surface area contributed by atoms with Gasteiger partial charge in [-0.2, -0.15) is 12.7 Å². The molecule has 192 valence electrons. The molecule has 2 N–H and O–H groups in total. The average Bonchev–Trinajstić information content (AvgIpc) is 3.32. The summed E-state index contributed by atoms with van der Waals surface area (Å²) in [5, 5.41) is 6.31. The Labute approximate surface area is 209 Å². The molecule has 4 rings (SSSR count). The number of hydrogen-bond donors (Lipinski definition) is 1. The van der Waals surface area contributed by atoms with Gasteiger partial charge in [-0.05, 0) is 58.6 Å². The first-order chi connectivity index (χ1) is 16.2. The average molecular weight is 521 g/mol. The number of hydrogen-bond acceptors (Lipinski definition) is 4. The van der Waals surface area contributed by atoms with Gasteiger partial charge in [0.1, 0.15) is 4.90 Å².